The zero-order valence-electron chi connectivity index (χ0n) is 13.3. The molecule has 1 aromatic carbocycles. The number of fused-ring (bicyclic) bond motifs is 1. The van der Waals surface area contributed by atoms with Crippen molar-refractivity contribution in [2.45, 2.75) is 13.0 Å². The number of hydrogen-bond acceptors (Lipinski definition) is 3. The lowest BCUT2D eigenvalue weighted by molar-refractivity contribution is 0.0726. The molecule has 126 valence electrons. The van der Waals surface area contributed by atoms with Crippen LogP contribution < -0.4 is 0 Å². The fraction of sp³-hybridized carbons (Fsp3) is 0.312. The minimum absolute atomic E-state index is 0.0556. The summed E-state index contributed by atoms with van der Waals surface area (Å²) in [6.45, 7) is 0.541. The zero-order valence-corrected chi connectivity index (χ0v) is 13.3. The van der Waals surface area contributed by atoms with Crippen LogP contribution >= 0.6 is 0 Å². The largest absolute Gasteiger partial charge is 0.343 e. The highest BCUT2D eigenvalue weighted by atomic mass is 19.1. The summed E-state index contributed by atoms with van der Waals surface area (Å²) in [5.41, 5.74) is 1.65. The average Bonchev–Trinajstić information content (AvgIpc) is 2.95. The third kappa shape index (κ3) is 2.86. The molecular formula is C16H16F2N4O2. The fourth-order valence-electron chi connectivity index (χ4n) is 2.72. The molecule has 2 amide bonds. The number of carbonyl (C=O) groups excluding carboxylic acids is 2. The highest BCUT2D eigenvalue weighted by Crippen LogP contribution is 2.23. The number of aromatic nitrogens is 2. The van der Waals surface area contributed by atoms with Crippen LogP contribution in [0.15, 0.2) is 18.2 Å². The number of aromatic amines is 1. The summed E-state index contributed by atoms with van der Waals surface area (Å²) in [5, 5.41) is 6.86. The summed E-state index contributed by atoms with van der Waals surface area (Å²) in [4.78, 5) is 27.5. The molecule has 0 radical (unpaired) electrons. The maximum absolute atomic E-state index is 13.3. The van der Waals surface area contributed by atoms with Crippen molar-refractivity contribution in [3.63, 3.8) is 0 Å². The Labute approximate surface area is 137 Å². The molecule has 1 aromatic heterocycles. The number of nitrogens with one attached hydrogen (secondary N) is 1. The second-order valence-electron chi connectivity index (χ2n) is 5.86. The Hall–Kier alpha value is -2.77. The van der Waals surface area contributed by atoms with Crippen molar-refractivity contribution in [1.82, 2.24) is 20.0 Å². The molecule has 8 heteroatoms. The summed E-state index contributed by atoms with van der Waals surface area (Å²) in [5.74, 6) is -2.35. The molecule has 0 aliphatic carbocycles. The van der Waals surface area contributed by atoms with Crippen LogP contribution in [0.4, 0.5) is 8.78 Å². The van der Waals surface area contributed by atoms with Gasteiger partial charge in [-0.1, -0.05) is 0 Å². The second-order valence-corrected chi connectivity index (χ2v) is 5.86. The summed E-state index contributed by atoms with van der Waals surface area (Å²) in [6, 6.07) is 2.72. The molecule has 0 saturated carbocycles. The van der Waals surface area contributed by atoms with Crippen LogP contribution in [0, 0.1) is 11.6 Å². The maximum atomic E-state index is 13.3. The molecule has 2 heterocycles. The Morgan fingerprint density at radius 2 is 1.88 bits per heavy atom. The number of hydrogen-bond donors (Lipinski definition) is 1. The van der Waals surface area contributed by atoms with Gasteiger partial charge >= 0.3 is 0 Å². The van der Waals surface area contributed by atoms with E-state index in [1.165, 1.54) is 9.80 Å². The van der Waals surface area contributed by atoms with Gasteiger partial charge in [0.25, 0.3) is 11.8 Å². The molecule has 1 aliphatic rings. The minimum Gasteiger partial charge on any atom is -0.343 e. The van der Waals surface area contributed by atoms with Gasteiger partial charge in [0, 0.05) is 49.9 Å². The van der Waals surface area contributed by atoms with Crippen LogP contribution in [-0.2, 0) is 13.0 Å². The monoisotopic (exact) mass is 334 g/mol. The van der Waals surface area contributed by atoms with E-state index in [1.54, 1.807) is 14.1 Å². The first-order valence-corrected chi connectivity index (χ1v) is 7.40. The quantitative estimate of drug-likeness (QED) is 0.907. The van der Waals surface area contributed by atoms with E-state index in [9.17, 15) is 18.4 Å². The summed E-state index contributed by atoms with van der Waals surface area (Å²) in [7, 11) is 3.23. The number of amides is 2. The van der Waals surface area contributed by atoms with Gasteiger partial charge in [-0.15, -0.1) is 0 Å². The summed E-state index contributed by atoms with van der Waals surface area (Å²) in [6.07, 6.45) is 0.493. The Morgan fingerprint density at radius 3 is 2.50 bits per heavy atom. The Morgan fingerprint density at radius 1 is 1.21 bits per heavy atom. The lowest BCUT2D eigenvalue weighted by Gasteiger charge is -2.27. The van der Waals surface area contributed by atoms with E-state index in [0.717, 1.165) is 23.9 Å². The van der Waals surface area contributed by atoms with E-state index in [2.05, 4.69) is 10.2 Å². The molecule has 1 aliphatic heterocycles. The normalized spacial score (nSPS) is 13.6. The number of nitrogens with zero attached hydrogens (tertiary/aromatic N) is 3. The summed E-state index contributed by atoms with van der Waals surface area (Å²) < 4.78 is 26.7. The van der Waals surface area contributed by atoms with Gasteiger partial charge in [0.2, 0.25) is 0 Å². The Bertz CT molecular complexity index is 796. The average molecular weight is 334 g/mol. The van der Waals surface area contributed by atoms with Crippen LogP contribution in [0.3, 0.4) is 0 Å². The van der Waals surface area contributed by atoms with Crippen molar-refractivity contribution >= 4 is 11.8 Å². The van der Waals surface area contributed by atoms with Crippen molar-refractivity contribution in [3.05, 3.63) is 52.3 Å². The predicted molar refractivity (Wildman–Crippen MR) is 81.4 cm³/mol. The lowest BCUT2D eigenvalue weighted by atomic mass is 10.0. The molecule has 24 heavy (non-hydrogen) atoms. The smallest absolute Gasteiger partial charge is 0.274 e. The third-order valence-corrected chi connectivity index (χ3v) is 3.94. The number of carbonyl (C=O) groups is 2. The van der Waals surface area contributed by atoms with Crippen LogP contribution in [0.2, 0.25) is 0 Å². The van der Waals surface area contributed by atoms with Crippen molar-refractivity contribution in [1.29, 1.82) is 0 Å². The number of rotatable bonds is 2. The van der Waals surface area contributed by atoms with Gasteiger partial charge in [-0.25, -0.2) is 8.78 Å². The molecule has 1 N–H and O–H groups in total. The van der Waals surface area contributed by atoms with Gasteiger partial charge < -0.3 is 9.80 Å². The maximum Gasteiger partial charge on any atom is 0.274 e. The van der Waals surface area contributed by atoms with Crippen molar-refractivity contribution in [2.24, 2.45) is 0 Å². The Balaban J connectivity index is 1.88. The van der Waals surface area contributed by atoms with Crippen LogP contribution in [-0.4, -0.2) is 52.5 Å². The van der Waals surface area contributed by atoms with Crippen LogP contribution in [0.1, 0.15) is 32.1 Å². The molecule has 0 fully saturated rings. The van der Waals surface area contributed by atoms with E-state index >= 15 is 0 Å². The first kappa shape index (κ1) is 16.1. The molecule has 6 nitrogen and oxygen atoms in total. The highest BCUT2D eigenvalue weighted by molar-refractivity contribution is 5.96. The van der Waals surface area contributed by atoms with Gasteiger partial charge in [-0.2, -0.15) is 5.10 Å². The minimum atomic E-state index is -0.803. The van der Waals surface area contributed by atoms with E-state index in [4.69, 9.17) is 0 Å². The molecular weight excluding hydrogens is 318 g/mol. The predicted octanol–water partition coefficient (Wildman–Crippen LogP) is 1.59. The first-order chi connectivity index (χ1) is 11.4. The highest BCUT2D eigenvalue weighted by Gasteiger charge is 2.29. The van der Waals surface area contributed by atoms with Gasteiger partial charge in [0.15, 0.2) is 5.69 Å². The first-order valence-electron chi connectivity index (χ1n) is 7.40. The lowest BCUT2D eigenvalue weighted by Crippen LogP contribution is -2.37. The van der Waals surface area contributed by atoms with E-state index in [0.29, 0.717) is 18.5 Å². The summed E-state index contributed by atoms with van der Waals surface area (Å²) >= 11 is 0. The third-order valence-electron chi connectivity index (χ3n) is 3.94. The molecule has 0 unspecified atom stereocenters. The van der Waals surface area contributed by atoms with Gasteiger partial charge in [0.1, 0.15) is 11.6 Å². The molecule has 0 saturated heterocycles. The number of H-pyrrole nitrogens is 1. The van der Waals surface area contributed by atoms with Gasteiger partial charge in [0.05, 0.1) is 6.54 Å². The van der Waals surface area contributed by atoms with Crippen LogP contribution in [0.5, 0.6) is 0 Å². The number of halogens is 2. The fourth-order valence-corrected chi connectivity index (χ4v) is 2.72. The van der Waals surface area contributed by atoms with E-state index in [-0.39, 0.29) is 23.7 Å². The van der Waals surface area contributed by atoms with Gasteiger partial charge in [-0.3, -0.25) is 14.7 Å². The standard InChI is InChI=1S/C16H16F2N4O2/c1-21(2)16(24)14-12-8-22(4-3-13(12)19-20-14)15(23)9-5-10(17)7-11(18)6-9/h5-7H,3-4,8H2,1-2H3,(H,19,20). The van der Waals surface area contributed by atoms with Crippen molar-refractivity contribution in [3.8, 4) is 0 Å². The molecule has 3 rings (SSSR count). The number of benzene rings is 1. The van der Waals surface area contributed by atoms with E-state index < -0.39 is 17.5 Å². The van der Waals surface area contributed by atoms with Crippen molar-refractivity contribution < 1.29 is 18.4 Å². The second kappa shape index (κ2) is 6.03. The van der Waals surface area contributed by atoms with Gasteiger partial charge in [-0.05, 0) is 12.1 Å². The van der Waals surface area contributed by atoms with E-state index in [1.807, 2.05) is 0 Å². The van der Waals surface area contributed by atoms with Crippen molar-refractivity contribution in [2.75, 3.05) is 20.6 Å². The Kier molecular flexibility index (Phi) is 4.04. The molecule has 0 spiro atoms. The van der Waals surface area contributed by atoms with Crippen LogP contribution in [0.25, 0.3) is 0 Å². The zero-order chi connectivity index (χ0) is 17.4. The SMILES string of the molecule is CN(C)C(=O)c1n[nH]c2c1CN(C(=O)c1cc(F)cc(F)c1)CC2. The molecule has 0 atom stereocenters. The topological polar surface area (TPSA) is 69.3 Å². The molecule has 2 aromatic rings. The molecule has 0 bridgehead atoms.